The Balaban J connectivity index is 1.86. The second-order valence-corrected chi connectivity index (χ2v) is 7.10. The molecule has 0 bridgehead atoms. The average Bonchev–Trinajstić information content (AvgIpc) is 3.01. The molecule has 0 saturated carbocycles. The smallest absolute Gasteiger partial charge is 0.240 e. The monoisotopic (exact) mass is 407 g/mol. The number of carbonyl (C=O) groups is 2. The number of amides is 2. The van der Waals surface area contributed by atoms with Gasteiger partial charge in [-0.15, -0.1) is 10.2 Å². The van der Waals surface area contributed by atoms with Crippen LogP contribution in [0.25, 0.3) is 0 Å². The minimum absolute atomic E-state index is 0.0551. The van der Waals surface area contributed by atoms with Crippen molar-refractivity contribution in [1.82, 2.24) is 15.1 Å². The van der Waals surface area contributed by atoms with Crippen LogP contribution in [0.3, 0.4) is 0 Å². The van der Waals surface area contributed by atoms with Crippen molar-refractivity contribution in [2.75, 3.05) is 44.0 Å². The summed E-state index contributed by atoms with van der Waals surface area (Å²) in [6, 6.07) is 5.22. The zero-order valence-electron chi connectivity index (χ0n) is 16.4. The van der Waals surface area contributed by atoms with E-state index in [1.807, 2.05) is 20.8 Å². The third-order valence-electron chi connectivity index (χ3n) is 3.43. The van der Waals surface area contributed by atoms with Crippen LogP contribution >= 0.6 is 11.3 Å². The first-order valence-corrected chi connectivity index (χ1v) is 9.70. The molecule has 2 rings (SSSR count). The van der Waals surface area contributed by atoms with Gasteiger partial charge in [0, 0.05) is 11.8 Å². The van der Waals surface area contributed by atoms with Gasteiger partial charge in [-0.25, -0.2) is 0 Å². The second kappa shape index (κ2) is 10.6. The van der Waals surface area contributed by atoms with E-state index in [1.165, 1.54) is 11.3 Å². The van der Waals surface area contributed by atoms with Crippen LogP contribution in [0.2, 0.25) is 0 Å². The molecule has 2 N–H and O–H groups in total. The number of carbonyl (C=O) groups excluding carboxylic acids is 2. The molecule has 2 aromatic rings. The van der Waals surface area contributed by atoms with Crippen LogP contribution in [0.1, 0.15) is 18.9 Å². The van der Waals surface area contributed by atoms with Crippen molar-refractivity contribution in [3.05, 3.63) is 23.2 Å². The van der Waals surface area contributed by atoms with Gasteiger partial charge in [0.1, 0.15) is 5.01 Å². The topological polar surface area (TPSA) is 106 Å². The number of nitrogens with one attached hydrogen (secondary N) is 2. The lowest BCUT2D eigenvalue weighted by atomic mass is 10.2. The van der Waals surface area contributed by atoms with Crippen LogP contribution in [0.4, 0.5) is 10.8 Å². The SMILES string of the molecule is CCOc1ccc(NC(=O)CN(C)CC(=O)Nc2nnc(C)s2)cc1OCC. The Labute approximate surface area is 168 Å². The first kappa shape index (κ1) is 21.6. The number of hydrogen-bond donors (Lipinski definition) is 2. The molecule has 1 heterocycles. The summed E-state index contributed by atoms with van der Waals surface area (Å²) in [5, 5.41) is 14.3. The van der Waals surface area contributed by atoms with Crippen molar-refractivity contribution < 1.29 is 19.1 Å². The van der Waals surface area contributed by atoms with Crippen LogP contribution in [0.15, 0.2) is 18.2 Å². The summed E-state index contributed by atoms with van der Waals surface area (Å²) in [6.07, 6.45) is 0. The Hall–Kier alpha value is -2.72. The molecule has 0 atom stereocenters. The van der Waals surface area contributed by atoms with Crippen molar-refractivity contribution in [3.63, 3.8) is 0 Å². The van der Waals surface area contributed by atoms with E-state index in [9.17, 15) is 9.59 Å². The maximum absolute atomic E-state index is 12.3. The molecule has 0 fully saturated rings. The molecule has 2 amide bonds. The highest BCUT2D eigenvalue weighted by molar-refractivity contribution is 7.15. The molecule has 0 spiro atoms. The minimum Gasteiger partial charge on any atom is -0.490 e. The Morgan fingerprint density at radius 1 is 1.04 bits per heavy atom. The number of likely N-dealkylation sites (N-methyl/N-ethyl adjacent to an activating group) is 1. The minimum atomic E-state index is -0.258. The van der Waals surface area contributed by atoms with E-state index in [0.29, 0.717) is 35.5 Å². The molecule has 10 heteroatoms. The molecule has 0 unspecified atom stereocenters. The van der Waals surface area contributed by atoms with Gasteiger partial charge in [0.25, 0.3) is 0 Å². The molecule has 152 valence electrons. The summed E-state index contributed by atoms with van der Waals surface area (Å²) in [6.45, 7) is 6.70. The van der Waals surface area contributed by atoms with Gasteiger partial charge in [0.05, 0.1) is 26.3 Å². The van der Waals surface area contributed by atoms with E-state index in [-0.39, 0.29) is 24.9 Å². The van der Waals surface area contributed by atoms with E-state index in [1.54, 1.807) is 30.1 Å². The predicted octanol–water partition coefficient (Wildman–Crippen LogP) is 2.15. The van der Waals surface area contributed by atoms with Crippen molar-refractivity contribution >= 4 is 34.0 Å². The fourth-order valence-electron chi connectivity index (χ4n) is 2.38. The summed E-state index contributed by atoms with van der Waals surface area (Å²) in [7, 11) is 1.69. The number of ether oxygens (including phenoxy) is 2. The van der Waals surface area contributed by atoms with Crippen LogP contribution in [0, 0.1) is 6.92 Å². The van der Waals surface area contributed by atoms with E-state index < -0.39 is 0 Å². The lowest BCUT2D eigenvalue weighted by Gasteiger charge is -2.16. The van der Waals surface area contributed by atoms with Gasteiger partial charge in [0.15, 0.2) is 11.5 Å². The highest BCUT2D eigenvalue weighted by Crippen LogP contribution is 2.30. The van der Waals surface area contributed by atoms with Gasteiger partial charge in [-0.2, -0.15) is 0 Å². The van der Waals surface area contributed by atoms with Gasteiger partial charge >= 0.3 is 0 Å². The molecule has 1 aromatic carbocycles. The summed E-state index contributed by atoms with van der Waals surface area (Å²) >= 11 is 1.29. The molecular formula is C18H25N5O4S. The zero-order valence-corrected chi connectivity index (χ0v) is 17.3. The number of benzene rings is 1. The predicted molar refractivity (Wildman–Crippen MR) is 108 cm³/mol. The maximum atomic E-state index is 12.3. The largest absolute Gasteiger partial charge is 0.490 e. The third kappa shape index (κ3) is 6.78. The number of anilines is 2. The first-order valence-electron chi connectivity index (χ1n) is 8.89. The van der Waals surface area contributed by atoms with Gasteiger partial charge in [-0.1, -0.05) is 11.3 Å². The lowest BCUT2D eigenvalue weighted by molar-refractivity contribution is -0.119. The van der Waals surface area contributed by atoms with Crippen LogP contribution < -0.4 is 20.1 Å². The molecule has 0 aliphatic heterocycles. The molecule has 0 radical (unpaired) electrons. The highest BCUT2D eigenvalue weighted by Gasteiger charge is 2.14. The van der Waals surface area contributed by atoms with Gasteiger partial charge in [-0.3, -0.25) is 19.8 Å². The molecule has 9 nitrogen and oxygen atoms in total. The molecule has 0 aliphatic carbocycles. The van der Waals surface area contributed by atoms with Crippen molar-refractivity contribution in [1.29, 1.82) is 0 Å². The molecule has 0 saturated heterocycles. The van der Waals surface area contributed by atoms with Crippen LogP contribution in [-0.2, 0) is 9.59 Å². The molecule has 1 aromatic heterocycles. The van der Waals surface area contributed by atoms with Crippen LogP contribution in [-0.4, -0.2) is 60.3 Å². The van der Waals surface area contributed by atoms with Crippen LogP contribution in [0.5, 0.6) is 11.5 Å². The normalized spacial score (nSPS) is 10.6. The van der Waals surface area contributed by atoms with Gasteiger partial charge in [0.2, 0.25) is 16.9 Å². The Morgan fingerprint density at radius 2 is 1.68 bits per heavy atom. The fraction of sp³-hybridized carbons (Fsp3) is 0.444. The van der Waals surface area contributed by atoms with Crippen molar-refractivity contribution in [2.45, 2.75) is 20.8 Å². The molecular weight excluding hydrogens is 382 g/mol. The quantitative estimate of drug-likeness (QED) is 0.622. The fourth-order valence-corrected chi connectivity index (χ4v) is 2.99. The molecule has 28 heavy (non-hydrogen) atoms. The standard InChI is InChI=1S/C18H25N5O4S/c1-5-26-14-8-7-13(9-15(14)27-6-2)19-16(24)10-23(4)11-17(25)20-18-22-21-12(3)28-18/h7-9H,5-6,10-11H2,1-4H3,(H,19,24)(H,20,22,25). The third-order valence-corrected chi connectivity index (χ3v) is 4.18. The number of rotatable bonds is 10. The van der Waals surface area contributed by atoms with E-state index >= 15 is 0 Å². The average molecular weight is 407 g/mol. The lowest BCUT2D eigenvalue weighted by Crippen LogP contribution is -2.36. The number of hydrogen-bond acceptors (Lipinski definition) is 8. The van der Waals surface area contributed by atoms with E-state index in [4.69, 9.17) is 9.47 Å². The maximum Gasteiger partial charge on any atom is 0.240 e. The summed E-state index contributed by atoms with van der Waals surface area (Å²) in [4.78, 5) is 25.9. The number of aromatic nitrogens is 2. The Morgan fingerprint density at radius 3 is 2.29 bits per heavy atom. The van der Waals surface area contributed by atoms with Crippen molar-refractivity contribution in [2.24, 2.45) is 0 Å². The highest BCUT2D eigenvalue weighted by atomic mass is 32.1. The number of aryl methyl sites for hydroxylation is 1. The Bertz CT molecular complexity index is 811. The summed E-state index contributed by atoms with van der Waals surface area (Å²) in [5.41, 5.74) is 0.596. The summed E-state index contributed by atoms with van der Waals surface area (Å²) < 4.78 is 11.1. The van der Waals surface area contributed by atoms with Gasteiger partial charge in [-0.05, 0) is 40.0 Å². The van der Waals surface area contributed by atoms with E-state index in [0.717, 1.165) is 5.01 Å². The number of nitrogens with zero attached hydrogens (tertiary/aromatic N) is 3. The second-order valence-electron chi connectivity index (χ2n) is 5.92. The first-order chi connectivity index (χ1) is 13.4. The molecule has 0 aliphatic rings. The van der Waals surface area contributed by atoms with E-state index in [2.05, 4.69) is 20.8 Å². The zero-order chi connectivity index (χ0) is 20.5. The van der Waals surface area contributed by atoms with Crippen molar-refractivity contribution in [3.8, 4) is 11.5 Å². The summed E-state index contributed by atoms with van der Waals surface area (Å²) in [5.74, 6) is 0.699. The Kier molecular flexibility index (Phi) is 8.15. The van der Waals surface area contributed by atoms with Gasteiger partial charge < -0.3 is 14.8 Å².